The van der Waals surface area contributed by atoms with E-state index in [1.807, 2.05) is 18.2 Å². The molecule has 3 aromatic carbocycles. The highest BCUT2D eigenvalue weighted by Crippen LogP contribution is 2.36. The number of hydrogen-bond donors (Lipinski definition) is 1. The van der Waals surface area contributed by atoms with Gasteiger partial charge in [0.1, 0.15) is 11.5 Å². The second-order valence-corrected chi connectivity index (χ2v) is 8.27. The largest absolute Gasteiger partial charge is 0.573 e. The number of nitrogens with one attached hydrogen (secondary N) is 1. The standard InChI is InChI=1S/C17H16F3NO.C9H8F4O/c1-11-8-9-15-14(6-3-7-16(15)21-11)12-4-2-5-13(10-12)22-17(18,19)20;1-6-3-2-4-7(5-6)14-9(12,13)8(10)11/h2-7,10-11,21H,8-9H2,1H3;2-5,8H,1H3. The van der Waals surface area contributed by atoms with Crippen molar-refractivity contribution in [3.05, 3.63) is 77.9 Å². The Bertz CT molecular complexity index is 1170. The van der Waals surface area contributed by atoms with E-state index in [-0.39, 0.29) is 11.5 Å². The molecular weight excluding hydrogens is 491 g/mol. The normalized spacial score (nSPS) is 15.3. The van der Waals surface area contributed by atoms with Gasteiger partial charge in [0.25, 0.3) is 0 Å². The second kappa shape index (κ2) is 11.1. The van der Waals surface area contributed by atoms with Crippen molar-refractivity contribution >= 4 is 5.69 Å². The molecule has 0 fully saturated rings. The predicted octanol–water partition coefficient (Wildman–Crippen LogP) is 8.23. The number of aryl methyl sites for hydroxylation is 1. The summed E-state index contributed by atoms with van der Waals surface area (Å²) >= 11 is 0. The van der Waals surface area contributed by atoms with Crippen molar-refractivity contribution in [2.75, 3.05) is 5.32 Å². The third-order valence-electron chi connectivity index (χ3n) is 5.28. The van der Waals surface area contributed by atoms with E-state index in [9.17, 15) is 30.7 Å². The molecule has 0 radical (unpaired) electrons. The monoisotopic (exact) mass is 515 g/mol. The molecule has 10 heteroatoms. The number of fused-ring (bicyclic) bond motifs is 1. The molecule has 1 atom stereocenters. The molecular formula is C26H24F7NO2. The highest BCUT2D eigenvalue weighted by atomic mass is 19.4. The van der Waals surface area contributed by atoms with E-state index in [4.69, 9.17) is 0 Å². The molecule has 194 valence electrons. The Hall–Kier alpha value is -3.43. The van der Waals surface area contributed by atoms with Crippen molar-refractivity contribution in [3.8, 4) is 22.6 Å². The molecule has 0 saturated carbocycles. The van der Waals surface area contributed by atoms with Gasteiger partial charge in [-0.15, -0.1) is 13.2 Å². The van der Waals surface area contributed by atoms with Crippen molar-refractivity contribution < 1.29 is 40.2 Å². The summed E-state index contributed by atoms with van der Waals surface area (Å²) in [5.74, 6) is -0.463. The molecule has 36 heavy (non-hydrogen) atoms. The van der Waals surface area contributed by atoms with E-state index in [2.05, 4.69) is 21.7 Å². The van der Waals surface area contributed by atoms with Crippen LogP contribution in [0.15, 0.2) is 66.7 Å². The zero-order valence-electron chi connectivity index (χ0n) is 19.4. The quantitative estimate of drug-likeness (QED) is 0.347. The van der Waals surface area contributed by atoms with Crippen LogP contribution >= 0.6 is 0 Å². The zero-order chi connectivity index (χ0) is 26.5. The van der Waals surface area contributed by atoms with Crippen molar-refractivity contribution in [2.24, 2.45) is 0 Å². The highest BCUT2D eigenvalue weighted by molar-refractivity contribution is 5.75. The molecule has 0 amide bonds. The first-order chi connectivity index (χ1) is 16.8. The first kappa shape index (κ1) is 27.2. The molecule has 3 nitrogen and oxygen atoms in total. The highest BCUT2D eigenvalue weighted by Gasteiger charge is 2.43. The minimum absolute atomic E-state index is 0.195. The second-order valence-electron chi connectivity index (χ2n) is 8.27. The average Bonchev–Trinajstić information content (AvgIpc) is 2.77. The molecule has 0 aromatic heterocycles. The molecule has 0 aliphatic carbocycles. The summed E-state index contributed by atoms with van der Waals surface area (Å²) in [6, 6.07) is 17.9. The molecule has 1 unspecified atom stereocenters. The Balaban J connectivity index is 0.000000223. The third kappa shape index (κ3) is 7.53. The molecule has 1 heterocycles. The lowest BCUT2D eigenvalue weighted by Gasteiger charge is -2.26. The smallest absolute Gasteiger partial charge is 0.428 e. The van der Waals surface area contributed by atoms with Crippen LogP contribution in [0, 0.1) is 6.92 Å². The summed E-state index contributed by atoms with van der Waals surface area (Å²) in [5, 5.41) is 3.41. The number of hydrogen-bond acceptors (Lipinski definition) is 3. The van der Waals surface area contributed by atoms with Crippen LogP contribution in [0.1, 0.15) is 24.5 Å². The fourth-order valence-corrected chi connectivity index (χ4v) is 3.70. The molecule has 4 rings (SSSR count). The lowest BCUT2D eigenvalue weighted by molar-refractivity contribution is -0.274. The number of rotatable bonds is 5. The Morgan fingerprint density at radius 1 is 0.861 bits per heavy atom. The lowest BCUT2D eigenvalue weighted by atomic mass is 9.91. The van der Waals surface area contributed by atoms with Crippen molar-refractivity contribution in [2.45, 2.75) is 51.6 Å². The maximum atomic E-state index is 12.4. The SMILES string of the molecule is CC1CCc2c(cccc2-c2cccc(OC(F)(F)F)c2)N1.Cc1cccc(OC(F)(F)C(F)F)c1. The van der Waals surface area contributed by atoms with E-state index in [0.717, 1.165) is 35.2 Å². The zero-order valence-corrected chi connectivity index (χ0v) is 19.4. The Kier molecular flexibility index (Phi) is 8.37. The molecule has 1 N–H and O–H groups in total. The van der Waals surface area contributed by atoms with Gasteiger partial charge < -0.3 is 14.8 Å². The van der Waals surface area contributed by atoms with Crippen LogP contribution in [0.4, 0.5) is 36.4 Å². The van der Waals surface area contributed by atoms with Crippen LogP contribution in [0.2, 0.25) is 0 Å². The van der Waals surface area contributed by atoms with Crippen molar-refractivity contribution in [1.29, 1.82) is 0 Å². The van der Waals surface area contributed by atoms with Crippen molar-refractivity contribution in [1.82, 2.24) is 0 Å². The number of benzene rings is 3. The molecule has 1 aliphatic rings. The van der Waals surface area contributed by atoms with Gasteiger partial charge in [0.2, 0.25) is 0 Å². The summed E-state index contributed by atoms with van der Waals surface area (Å²) in [4.78, 5) is 0. The van der Waals surface area contributed by atoms with E-state index in [0.29, 0.717) is 11.6 Å². The molecule has 1 aliphatic heterocycles. The summed E-state index contributed by atoms with van der Waals surface area (Å²) in [6.45, 7) is 3.76. The van der Waals surface area contributed by atoms with Gasteiger partial charge in [-0.25, -0.2) is 0 Å². The van der Waals surface area contributed by atoms with Gasteiger partial charge in [0.05, 0.1) is 0 Å². The van der Waals surface area contributed by atoms with E-state index < -0.39 is 18.9 Å². The first-order valence-electron chi connectivity index (χ1n) is 11.0. The molecule has 0 spiro atoms. The van der Waals surface area contributed by atoms with Crippen LogP contribution in [-0.2, 0) is 6.42 Å². The fourth-order valence-electron chi connectivity index (χ4n) is 3.70. The van der Waals surface area contributed by atoms with E-state index >= 15 is 0 Å². The van der Waals surface area contributed by atoms with Crippen molar-refractivity contribution in [3.63, 3.8) is 0 Å². The van der Waals surface area contributed by atoms with Crippen LogP contribution in [0.3, 0.4) is 0 Å². The average molecular weight is 515 g/mol. The third-order valence-corrected chi connectivity index (χ3v) is 5.28. The van der Waals surface area contributed by atoms with Crippen LogP contribution in [-0.4, -0.2) is 24.9 Å². The molecule has 0 saturated heterocycles. The summed E-state index contributed by atoms with van der Waals surface area (Å²) < 4.78 is 93.2. The lowest BCUT2D eigenvalue weighted by Crippen LogP contribution is -2.33. The first-order valence-corrected chi connectivity index (χ1v) is 11.0. The van der Waals surface area contributed by atoms with Gasteiger partial charge in [-0.1, -0.05) is 36.4 Å². The maximum absolute atomic E-state index is 12.4. The minimum atomic E-state index is -4.67. The number of ether oxygens (including phenoxy) is 2. The molecule has 3 aromatic rings. The van der Waals surface area contributed by atoms with Gasteiger partial charge in [-0.3, -0.25) is 0 Å². The van der Waals surface area contributed by atoms with Crippen LogP contribution < -0.4 is 14.8 Å². The Morgan fingerprint density at radius 3 is 2.14 bits per heavy atom. The topological polar surface area (TPSA) is 30.5 Å². The number of anilines is 1. The predicted molar refractivity (Wildman–Crippen MR) is 123 cm³/mol. The van der Waals surface area contributed by atoms with Gasteiger partial charge >= 0.3 is 18.9 Å². The Labute approximate surface area is 203 Å². The fraction of sp³-hybridized carbons (Fsp3) is 0.308. The number of halogens is 7. The van der Waals surface area contributed by atoms with Gasteiger partial charge in [0, 0.05) is 11.7 Å². The minimum Gasteiger partial charge on any atom is -0.428 e. The van der Waals surface area contributed by atoms with Crippen LogP contribution in [0.5, 0.6) is 11.5 Å². The molecule has 0 bridgehead atoms. The maximum Gasteiger partial charge on any atom is 0.573 e. The van der Waals surface area contributed by atoms with Crippen LogP contribution in [0.25, 0.3) is 11.1 Å². The van der Waals surface area contributed by atoms with E-state index in [1.54, 1.807) is 25.1 Å². The summed E-state index contributed by atoms with van der Waals surface area (Å²) in [7, 11) is 0. The van der Waals surface area contributed by atoms with E-state index in [1.165, 1.54) is 30.3 Å². The summed E-state index contributed by atoms with van der Waals surface area (Å²) in [6.07, 6.45) is -11.0. The van der Waals surface area contributed by atoms with Gasteiger partial charge in [0.15, 0.2) is 0 Å². The Morgan fingerprint density at radius 2 is 1.50 bits per heavy atom. The van der Waals surface area contributed by atoms with Gasteiger partial charge in [-0.05, 0) is 79.3 Å². The van der Waals surface area contributed by atoms with Gasteiger partial charge in [-0.2, -0.15) is 17.6 Å². The summed E-state index contributed by atoms with van der Waals surface area (Å²) in [5.41, 5.74) is 4.54. The number of alkyl halides is 7.